The SMILES string of the molecule is CCC(CC1CC1)Nc1ccc([N+](=O)[O-])c(OC)c1. The Balaban J connectivity index is 2.08. The van der Waals surface area contributed by atoms with Crippen molar-refractivity contribution in [3.8, 4) is 5.75 Å². The molecule has 0 radical (unpaired) electrons. The summed E-state index contributed by atoms with van der Waals surface area (Å²) in [5.74, 6) is 1.16. The molecular formula is C14H20N2O3. The van der Waals surface area contributed by atoms with Crippen LogP contribution in [0.2, 0.25) is 0 Å². The first-order valence-corrected chi connectivity index (χ1v) is 6.73. The summed E-state index contributed by atoms with van der Waals surface area (Å²) in [5.41, 5.74) is 0.887. The number of hydrogen-bond acceptors (Lipinski definition) is 4. The lowest BCUT2D eigenvalue weighted by atomic mass is 10.1. The number of nitrogens with one attached hydrogen (secondary N) is 1. The fraction of sp³-hybridized carbons (Fsp3) is 0.571. The van der Waals surface area contributed by atoms with Gasteiger partial charge in [0.15, 0.2) is 5.75 Å². The zero-order valence-corrected chi connectivity index (χ0v) is 11.4. The lowest BCUT2D eigenvalue weighted by molar-refractivity contribution is -0.385. The van der Waals surface area contributed by atoms with Crippen molar-refractivity contribution in [1.82, 2.24) is 0 Å². The van der Waals surface area contributed by atoms with Crippen molar-refractivity contribution in [2.75, 3.05) is 12.4 Å². The van der Waals surface area contributed by atoms with E-state index in [0.29, 0.717) is 11.8 Å². The molecule has 1 saturated carbocycles. The lowest BCUT2D eigenvalue weighted by Crippen LogP contribution is -2.19. The van der Waals surface area contributed by atoms with Gasteiger partial charge in [-0.25, -0.2) is 0 Å². The number of anilines is 1. The molecule has 5 nitrogen and oxygen atoms in total. The molecule has 1 aromatic carbocycles. The molecule has 0 bridgehead atoms. The first kappa shape index (κ1) is 13.6. The van der Waals surface area contributed by atoms with Crippen LogP contribution < -0.4 is 10.1 Å². The maximum atomic E-state index is 10.8. The summed E-state index contributed by atoms with van der Waals surface area (Å²) >= 11 is 0. The van der Waals surface area contributed by atoms with Crippen LogP contribution in [0.4, 0.5) is 11.4 Å². The molecule has 0 saturated heterocycles. The van der Waals surface area contributed by atoms with Crippen LogP contribution in [-0.4, -0.2) is 18.1 Å². The van der Waals surface area contributed by atoms with Crippen molar-refractivity contribution in [3.05, 3.63) is 28.3 Å². The second kappa shape index (κ2) is 5.91. The van der Waals surface area contributed by atoms with Crippen molar-refractivity contribution in [3.63, 3.8) is 0 Å². The molecule has 2 rings (SSSR count). The average molecular weight is 264 g/mol. The van der Waals surface area contributed by atoms with Gasteiger partial charge in [0.05, 0.1) is 12.0 Å². The van der Waals surface area contributed by atoms with E-state index >= 15 is 0 Å². The van der Waals surface area contributed by atoms with Gasteiger partial charge in [0.2, 0.25) is 0 Å². The van der Waals surface area contributed by atoms with Crippen LogP contribution in [0, 0.1) is 16.0 Å². The smallest absolute Gasteiger partial charge is 0.311 e. The monoisotopic (exact) mass is 264 g/mol. The van der Waals surface area contributed by atoms with E-state index in [1.807, 2.05) is 0 Å². The van der Waals surface area contributed by atoms with E-state index in [-0.39, 0.29) is 5.69 Å². The molecule has 1 unspecified atom stereocenters. The third-order valence-electron chi connectivity index (χ3n) is 3.55. The molecule has 104 valence electrons. The number of methoxy groups -OCH3 is 1. The highest BCUT2D eigenvalue weighted by molar-refractivity contribution is 5.58. The normalized spacial score (nSPS) is 15.9. The Morgan fingerprint density at radius 2 is 2.26 bits per heavy atom. The van der Waals surface area contributed by atoms with Crippen LogP contribution in [0.3, 0.4) is 0 Å². The highest BCUT2D eigenvalue weighted by Crippen LogP contribution is 2.35. The van der Waals surface area contributed by atoms with Crippen molar-refractivity contribution in [1.29, 1.82) is 0 Å². The van der Waals surface area contributed by atoms with Crippen molar-refractivity contribution < 1.29 is 9.66 Å². The molecule has 1 fully saturated rings. The number of rotatable bonds is 7. The molecule has 1 aliphatic rings. The summed E-state index contributed by atoms with van der Waals surface area (Å²) in [7, 11) is 1.45. The van der Waals surface area contributed by atoms with E-state index in [4.69, 9.17) is 4.74 Å². The van der Waals surface area contributed by atoms with E-state index in [9.17, 15) is 10.1 Å². The Kier molecular flexibility index (Phi) is 4.24. The Morgan fingerprint density at radius 1 is 1.53 bits per heavy atom. The largest absolute Gasteiger partial charge is 0.490 e. The van der Waals surface area contributed by atoms with E-state index in [0.717, 1.165) is 18.0 Å². The number of benzene rings is 1. The van der Waals surface area contributed by atoms with E-state index < -0.39 is 4.92 Å². The van der Waals surface area contributed by atoms with Gasteiger partial charge in [-0.2, -0.15) is 0 Å². The van der Waals surface area contributed by atoms with Gasteiger partial charge in [-0.15, -0.1) is 0 Å². The number of hydrogen-bond donors (Lipinski definition) is 1. The summed E-state index contributed by atoms with van der Waals surface area (Å²) in [6.45, 7) is 2.16. The highest BCUT2D eigenvalue weighted by Gasteiger charge is 2.25. The highest BCUT2D eigenvalue weighted by atomic mass is 16.6. The lowest BCUT2D eigenvalue weighted by Gasteiger charge is -2.18. The topological polar surface area (TPSA) is 64.4 Å². The number of nitrogens with zero attached hydrogens (tertiary/aromatic N) is 1. The zero-order valence-electron chi connectivity index (χ0n) is 11.4. The molecule has 5 heteroatoms. The van der Waals surface area contributed by atoms with Gasteiger partial charge in [-0.05, 0) is 24.8 Å². The van der Waals surface area contributed by atoms with Crippen LogP contribution >= 0.6 is 0 Å². The molecule has 1 aliphatic carbocycles. The molecule has 1 aromatic rings. The van der Waals surface area contributed by atoms with Crippen molar-refractivity contribution in [2.24, 2.45) is 5.92 Å². The zero-order chi connectivity index (χ0) is 13.8. The predicted molar refractivity (Wildman–Crippen MR) is 74.7 cm³/mol. The minimum Gasteiger partial charge on any atom is -0.490 e. The molecule has 0 heterocycles. The Morgan fingerprint density at radius 3 is 2.79 bits per heavy atom. The van der Waals surface area contributed by atoms with Crippen molar-refractivity contribution in [2.45, 2.75) is 38.6 Å². The third kappa shape index (κ3) is 3.59. The minimum absolute atomic E-state index is 0.00305. The molecule has 1 N–H and O–H groups in total. The van der Waals surface area contributed by atoms with E-state index in [1.54, 1.807) is 12.1 Å². The van der Waals surface area contributed by atoms with Gasteiger partial charge >= 0.3 is 5.69 Å². The van der Waals surface area contributed by atoms with Crippen molar-refractivity contribution >= 4 is 11.4 Å². The van der Waals surface area contributed by atoms with E-state index in [2.05, 4.69) is 12.2 Å². The number of nitro groups is 1. The molecule has 0 aliphatic heterocycles. The van der Waals surface area contributed by atoms with Crippen LogP contribution in [0.1, 0.15) is 32.6 Å². The maximum Gasteiger partial charge on any atom is 0.311 e. The predicted octanol–water partition coefficient (Wildman–Crippen LogP) is 3.59. The summed E-state index contributed by atoms with van der Waals surface area (Å²) in [6, 6.07) is 5.37. The summed E-state index contributed by atoms with van der Waals surface area (Å²) in [6.07, 6.45) is 4.90. The number of ether oxygens (including phenoxy) is 1. The first-order valence-electron chi connectivity index (χ1n) is 6.73. The molecule has 19 heavy (non-hydrogen) atoms. The minimum atomic E-state index is -0.426. The van der Waals surface area contributed by atoms with Gasteiger partial charge in [0.25, 0.3) is 0 Å². The molecule has 0 aromatic heterocycles. The number of nitro benzene ring substituents is 1. The average Bonchev–Trinajstić information content (AvgIpc) is 3.21. The molecule has 1 atom stereocenters. The van der Waals surface area contributed by atoms with Crippen LogP contribution in [-0.2, 0) is 0 Å². The quantitative estimate of drug-likeness (QED) is 0.603. The first-order chi connectivity index (χ1) is 9.13. The molecule has 0 amide bonds. The van der Waals surface area contributed by atoms with Crippen LogP contribution in [0.25, 0.3) is 0 Å². The van der Waals surface area contributed by atoms with Gasteiger partial charge in [-0.1, -0.05) is 19.8 Å². The summed E-state index contributed by atoms with van der Waals surface area (Å²) < 4.78 is 5.07. The van der Waals surface area contributed by atoms with Gasteiger partial charge < -0.3 is 10.1 Å². The molecule has 0 spiro atoms. The summed E-state index contributed by atoms with van der Waals surface area (Å²) in [4.78, 5) is 10.4. The third-order valence-corrected chi connectivity index (χ3v) is 3.55. The Labute approximate surface area is 113 Å². The van der Waals surface area contributed by atoms with Gasteiger partial charge in [0.1, 0.15) is 0 Å². The van der Waals surface area contributed by atoms with Crippen LogP contribution in [0.15, 0.2) is 18.2 Å². The Hall–Kier alpha value is -1.78. The fourth-order valence-electron chi connectivity index (χ4n) is 2.24. The molecular weight excluding hydrogens is 244 g/mol. The van der Waals surface area contributed by atoms with Gasteiger partial charge in [0, 0.05) is 23.9 Å². The second-order valence-electron chi connectivity index (χ2n) is 5.07. The maximum absolute atomic E-state index is 10.8. The van der Waals surface area contributed by atoms with Crippen LogP contribution in [0.5, 0.6) is 5.75 Å². The second-order valence-corrected chi connectivity index (χ2v) is 5.07. The van der Waals surface area contributed by atoms with Gasteiger partial charge in [-0.3, -0.25) is 10.1 Å². The summed E-state index contributed by atoms with van der Waals surface area (Å²) in [5, 5.41) is 14.3. The Bertz CT molecular complexity index is 458. The van der Waals surface area contributed by atoms with E-state index in [1.165, 1.54) is 32.4 Å². The fourth-order valence-corrected chi connectivity index (χ4v) is 2.24. The standard InChI is InChI=1S/C14H20N2O3/c1-3-11(8-10-4-5-10)15-12-6-7-13(16(17)18)14(9-12)19-2/h6-7,9-11,15H,3-5,8H2,1-2H3.